The van der Waals surface area contributed by atoms with Gasteiger partial charge in [-0.15, -0.1) is 11.3 Å². The van der Waals surface area contributed by atoms with Gasteiger partial charge in [0.25, 0.3) is 0 Å². The van der Waals surface area contributed by atoms with E-state index in [-0.39, 0.29) is 34.2 Å². The summed E-state index contributed by atoms with van der Waals surface area (Å²) in [5.74, 6) is -3.47. The highest BCUT2D eigenvalue weighted by atomic mass is 32.1. The first-order valence-corrected chi connectivity index (χ1v) is 11.6. The van der Waals surface area contributed by atoms with Crippen LogP contribution in [0.15, 0.2) is 31.0 Å². The van der Waals surface area contributed by atoms with E-state index in [1.54, 1.807) is 6.20 Å². The molecule has 11 heteroatoms. The molecule has 35 heavy (non-hydrogen) atoms. The SMILES string of the molecule is C=CC(=O)NC1CCOCC1Cc1ncc2sc(C(=O)c3c(F)c(OC)cc(OC)c3F)cc2n1. The van der Waals surface area contributed by atoms with Gasteiger partial charge in [-0.25, -0.2) is 18.7 Å². The van der Waals surface area contributed by atoms with Crippen molar-refractivity contribution in [3.05, 3.63) is 58.9 Å². The van der Waals surface area contributed by atoms with Crippen LogP contribution < -0.4 is 14.8 Å². The van der Waals surface area contributed by atoms with E-state index in [0.29, 0.717) is 42.1 Å². The van der Waals surface area contributed by atoms with Crippen LogP contribution in [0.1, 0.15) is 27.5 Å². The molecule has 4 rings (SSSR count). The molecule has 0 bridgehead atoms. The Labute approximate surface area is 203 Å². The Morgan fingerprint density at radius 1 is 1.26 bits per heavy atom. The smallest absolute Gasteiger partial charge is 0.243 e. The molecule has 2 aromatic heterocycles. The van der Waals surface area contributed by atoms with Gasteiger partial charge in [0, 0.05) is 37.3 Å². The second-order valence-electron chi connectivity index (χ2n) is 7.91. The number of halogens is 2. The number of aromatic nitrogens is 2. The Morgan fingerprint density at radius 3 is 2.63 bits per heavy atom. The summed E-state index contributed by atoms with van der Waals surface area (Å²) in [4.78, 5) is 33.8. The van der Waals surface area contributed by atoms with Gasteiger partial charge in [-0.05, 0) is 18.6 Å². The zero-order valence-electron chi connectivity index (χ0n) is 19.1. The van der Waals surface area contributed by atoms with E-state index in [1.165, 1.54) is 26.4 Å². The molecule has 0 saturated carbocycles. The van der Waals surface area contributed by atoms with Crippen LogP contribution in [0, 0.1) is 17.6 Å². The van der Waals surface area contributed by atoms with Gasteiger partial charge in [0.2, 0.25) is 11.7 Å². The van der Waals surface area contributed by atoms with Crippen molar-refractivity contribution in [2.75, 3.05) is 27.4 Å². The Kier molecular flexibility index (Phi) is 7.37. The highest BCUT2D eigenvalue weighted by molar-refractivity contribution is 7.20. The standard InChI is InChI=1S/C24H23F2N3O5S/c1-4-20(30)29-13-5-6-34-11-12(13)7-19-27-10-18-14(28-19)8-17(35-18)24(31)21-22(25)15(32-2)9-16(33-3)23(21)26/h4,8-10,12-13H,1,5-7,11H2,2-3H3,(H,29,30). The van der Waals surface area contributed by atoms with E-state index in [0.717, 1.165) is 17.4 Å². The van der Waals surface area contributed by atoms with Gasteiger partial charge in [-0.1, -0.05) is 6.58 Å². The maximum atomic E-state index is 14.8. The quantitative estimate of drug-likeness (QED) is 0.371. The van der Waals surface area contributed by atoms with E-state index < -0.39 is 23.0 Å². The third-order valence-corrected chi connectivity index (χ3v) is 6.83. The lowest BCUT2D eigenvalue weighted by Gasteiger charge is -2.31. The number of hydrogen-bond donors (Lipinski definition) is 1. The summed E-state index contributed by atoms with van der Waals surface area (Å²) in [5, 5.41) is 2.92. The summed E-state index contributed by atoms with van der Waals surface area (Å²) in [7, 11) is 2.43. The van der Waals surface area contributed by atoms with Crippen LogP contribution in [0.3, 0.4) is 0 Å². The number of benzene rings is 1. The second kappa shape index (κ2) is 10.4. The van der Waals surface area contributed by atoms with Crippen LogP contribution >= 0.6 is 11.3 Å². The van der Waals surface area contributed by atoms with Crippen molar-refractivity contribution in [3.63, 3.8) is 0 Å². The third-order valence-electron chi connectivity index (χ3n) is 5.78. The van der Waals surface area contributed by atoms with Crippen molar-refractivity contribution in [1.82, 2.24) is 15.3 Å². The summed E-state index contributed by atoms with van der Waals surface area (Å²) >= 11 is 1.03. The number of hydrogen-bond acceptors (Lipinski definition) is 8. The molecule has 1 aliphatic rings. The number of thiophene rings is 1. The molecule has 3 aromatic rings. The van der Waals surface area contributed by atoms with Gasteiger partial charge < -0.3 is 19.5 Å². The average molecular weight is 504 g/mol. The highest BCUT2D eigenvalue weighted by Crippen LogP contribution is 2.35. The number of ether oxygens (including phenoxy) is 3. The van der Waals surface area contributed by atoms with Crippen LogP contribution in [-0.4, -0.2) is 55.1 Å². The van der Waals surface area contributed by atoms with Crippen molar-refractivity contribution in [2.45, 2.75) is 18.9 Å². The molecule has 1 aromatic carbocycles. The molecular weight excluding hydrogens is 480 g/mol. The first-order valence-electron chi connectivity index (χ1n) is 10.8. The van der Waals surface area contributed by atoms with Gasteiger partial charge in [0.05, 0.1) is 35.9 Å². The van der Waals surface area contributed by atoms with E-state index in [1.807, 2.05) is 0 Å². The molecular formula is C24H23F2N3O5S. The lowest BCUT2D eigenvalue weighted by molar-refractivity contribution is -0.118. The molecule has 0 radical (unpaired) electrons. The van der Waals surface area contributed by atoms with Crippen molar-refractivity contribution in [3.8, 4) is 11.5 Å². The maximum absolute atomic E-state index is 14.8. The van der Waals surface area contributed by atoms with Crippen LogP contribution in [0.2, 0.25) is 0 Å². The van der Waals surface area contributed by atoms with E-state index in [2.05, 4.69) is 21.9 Å². The van der Waals surface area contributed by atoms with Crippen LogP contribution in [0.25, 0.3) is 10.2 Å². The van der Waals surface area contributed by atoms with E-state index in [4.69, 9.17) is 14.2 Å². The first kappa shape index (κ1) is 24.7. The molecule has 184 valence electrons. The number of rotatable bonds is 8. The normalized spacial score (nSPS) is 17.7. The fourth-order valence-corrected chi connectivity index (χ4v) is 4.88. The largest absolute Gasteiger partial charge is 0.494 e. The summed E-state index contributed by atoms with van der Waals surface area (Å²) in [5.41, 5.74) is -0.288. The Hall–Kier alpha value is -3.44. The molecule has 1 aliphatic heterocycles. The van der Waals surface area contributed by atoms with Gasteiger partial charge in [0.15, 0.2) is 23.1 Å². The zero-order valence-corrected chi connectivity index (χ0v) is 19.9. The minimum Gasteiger partial charge on any atom is -0.494 e. The van der Waals surface area contributed by atoms with Crippen LogP contribution in [-0.2, 0) is 16.0 Å². The lowest BCUT2D eigenvalue weighted by atomic mass is 9.92. The molecule has 1 fully saturated rings. The van der Waals surface area contributed by atoms with Crippen molar-refractivity contribution >= 4 is 33.2 Å². The second-order valence-corrected chi connectivity index (χ2v) is 8.99. The predicted molar refractivity (Wildman–Crippen MR) is 125 cm³/mol. The summed E-state index contributed by atoms with van der Waals surface area (Å²) in [6.07, 6.45) is 3.89. The van der Waals surface area contributed by atoms with Gasteiger partial charge >= 0.3 is 0 Å². The maximum Gasteiger partial charge on any atom is 0.243 e. The van der Waals surface area contributed by atoms with Crippen LogP contribution in [0.4, 0.5) is 8.78 Å². The monoisotopic (exact) mass is 503 g/mol. The third kappa shape index (κ3) is 5.01. The molecule has 2 atom stereocenters. The first-order chi connectivity index (χ1) is 16.9. The number of ketones is 1. The van der Waals surface area contributed by atoms with Gasteiger partial charge in [0.1, 0.15) is 11.4 Å². The molecule has 8 nitrogen and oxygen atoms in total. The Bertz CT molecular complexity index is 1270. The predicted octanol–water partition coefficient (Wildman–Crippen LogP) is 3.47. The number of carbonyl (C=O) groups is 2. The summed E-state index contributed by atoms with van der Waals surface area (Å²) in [6, 6.07) is 2.42. The number of nitrogens with zero attached hydrogens (tertiary/aromatic N) is 2. The summed E-state index contributed by atoms with van der Waals surface area (Å²) < 4.78 is 45.6. The minimum atomic E-state index is -1.11. The van der Waals surface area contributed by atoms with E-state index >= 15 is 0 Å². The van der Waals surface area contributed by atoms with Crippen molar-refractivity contribution in [1.29, 1.82) is 0 Å². The molecule has 3 heterocycles. The number of nitrogens with one attached hydrogen (secondary N) is 1. The van der Waals surface area contributed by atoms with Crippen molar-refractivity contribution in [2.24, 2.45) is 5.92 Å². The fraction of sp³-hybridized carbons (Fsp3) is 0.333. The number of amides is 1. The average Bonchev–Trinajstić information content (AvgIpc) is 3.29. The molecule has 1 N–H and O–H groups in total. The number of fused-ring (bicyclic) bond motifs is 1. The molecule has 0 spiro atoms. The van der Waals surface area contributed by atoms with Gasteiger partial charge in [-0.2, -0.15) is 0 Å². The molecule has 1 amide bonds. The van der Waals surface area contributed by atoms with Crippen molar-refractivity contribution < 1.29 is 32.6 Å². The number of methoxy groups -OCH3 is 2. The zero-order chi connectivity index (χ0) is 25.1. The molecule has 2 unspecified atom stereocenters. The topological polar surface area (TPSA) is 99.6 Å². The Balaban J connectivity index is 1.62. The molecule has 1 saturated heterocycles. The fourth-order valence-electron chi connectivity index (χ4n) is 3.96. The number of carbonyl (C=O) groups excluding carboxylic acids is 2. The van der Waals surface area contributed by atoms with Gasteiger partial charge in [-0.3, -0.25) is 9.59 Å². The lowest BCUT2D eigenvalue weighted by Crippen LogP contribution is -2.45. The highest BCUT2D eigenvalue weighted by Gasteiger charge is 2.29. The minimum absolute atomic E-state index is 0.0442. The summed E-state index contributed by atoms with van der Waals surface area (Å²) in [6.45, 7) is 4.46. The Morgan fingerprint density at radius 2 is 1.97 bits per heavy atom. The molecule has 0 aliphatic carbocycles. The van der Waals surface area contributed by atoms with Crippen LogP contribution in [0.5, 0.6) is 11.5 Å². The van der Waals surface area contributed by atoms with E-state index in [9.17, 15) is 18.4 Å².